The van der Waals surface area contributed by atoms with E-state index in [1.165, 1.54) is 0 Å². The molecule has 7 heteroatoms. The molecule has 0 aliphatic carbocycles. The standard InChI is InChI=1S/C18H25N5O.HI/c1-15-8-7-10-17(24)23(15)13-6-5-12-21-18(19-2)22-14-16-9-3-4-11-20-16;/h3-4,7-11H,5-6,12-14H2,1-2H3,(H2,19,21,22);1H. The van der Waals surface area contributed by atoms with Gasteiger partial charge in [-0.2, -0.15) is 0 Å². The first-order valence-electron chi connectivity index (χ1n) is 8.21. The first kappa shape index (κ1) is 21.1. The number of aryl methyl sites for hydroxylation is 1. The summed E-state index contributed by atoms with van der Waals surface area (Å²) < 4.78 is 1.81. The highest BCUT2D eigenvalue weighted by molar-refractivity contribution is 14.0. The Labute approximate surface area is 165 Å². The van der Waals surface area contributed by atoms with E-state index in [-0.39, 0.29) is 29.5 Å². The molecule has 2 aromatic heterocycles. The highest BCUT2D eigenvalue weighted by Crippen LogP contribution is 1.98. The monoisotopic (exact) mass is 455 g/mol. The highest BCUT2D eigenvalue weighted by atomic mass is 127. The Balaban J connectivity index is 0.00000312. The number of halogens is 1. The molecule has 0 fully saturated rings. The third-order valence-electron chi connectivity index (χ3n) is 3.76. The smallest absolute Gasteiger partial charge is 0.250 e. The van der Waals surface area contributed by atoms with Crippen LogP contribution in [0.15, 0.2) is 52.4 Å². The summed E-state index contributed by atoms with van der Waals surface area (Å²) in [5.41, 5.74) is 2.04. The normalized spacial score (nSPS) is 10.9. The minimum Gasteiger partial charge on any atom is -0.356 e. The van der Waals surface area contributed by atoms with Gasteiger partial charge in [-0.25, -0.2) is 0 Å². The van der Waals surface area contributed by atoms with Crippen LogP contribution < -0.4 is 16.2 Å². The Morgan fingerprint density at radius 3 is 2.68 bits per heavy atom. The van der Waals surface area contributed by atoms with Gasteiger partial charge in [-0.3, -0.25) is 14.8 Å². The van der Waals surface area contributed by atoms with Crippen LogP contribution in [0.3, 0.4) is 0 Å². The van der Waals surface area contributed by atoms with Crippen LogP contribution in [0.4, 0.5) is 0 Å². The summed E-state index contributed by atoms with van der Waals surface area (Å²) in [7, 11) is 1.75. The van der Waals surface area contributed by atoms with E-state index in [1.807, 2.05) is 35.8 Å². The van der Waals surface area contributed by atoms with Crippen LogP contribution in [0.5, 0.6) is 0 Å². The Bertz CT molecular complexity index is 715. The third kappa shape index (κ3) is 7.25. The quantitative estimate of drug-likeness (QED) is 0.291. The molecule has 2 heterocycles. The topological polar surface area (TPSA) is 71.3 Å². The molecule has 0 spiro atoms. The summed E-state index contributed by atoms with van der Waals surface area (Å²) in [5.74, 6) is 0.758. The van der Waals surface area contributed by atoms with Gasteiger partial charge in [0.2, 0.25) is 0 Å². The molecule has 25 heavy (non-hydrogen) atoms. The van der Waals surface area contributed by atoms with E-state index in [1.54, 1.807) is 25.4 Å². The van der Waals surface area contributed by atoms with E-state index < -0.39 is 0 Å². The van der Waals surface area contributed by atoms with Crippen molar-refractivity contribution in [3.8, 4) is 0 Å². The maximum absolute atomic E-state index is 11.8. The Hall–Kier alpha value is -1.90. The molecule has 0 atom stereocenters. The van der Waals surface area contributed by atoms with Gasteiger partial charge in [0.05, 0.1) is 12.2 Å². The van der Waals surface area contributed by atoms with Crippen molar-refractivity contribution < 1.29 is 0 Å². The Kier molecular flexibility index (Phi) is 9.83. The van der Waals surface area contributed by atoms with Gasteiger partial charge in [-0.15, -0.1) is 24.0 Å². The number of hydrogen-bond donors (Lipinski definition) is 2. The second-order valence-electron chi connectivity index (χ2n) is 5.54. The van der Waals surface area contributed by atoms with Crippen molar-refractivity contribution in [1.82, 2.24) is 20.2 Å². The predicted molar refractivity (Wildman–Crippen MR) is 113 cm³/mol. The average Bonchev–Trinajstić information content (AvgIpc) is 2.60. The molecule has 0 aliphatic rings. The molecule has 0 radical (unpaired) electrons. The second-order valence-corrected chi connectivity index (χ2v) is 5.54. The van der Waals surface area contributed by atoms with Crippen LogP contribution in [-0.4, -0.2) is 29.1 Å². The average molecular weight is 455 g/mol. The highest BCUT2D eigenvalue weighted by Gasteiger charge is 2.00. The number of pyridine rings is 2. The second kappa shape index (κ2) is 11.6. The molecule has 0 bridgehead atoms. The SMILES string of the molecule is CN=C(NCCCCn1c(C)cccc1=O)NCc1ccccn1.I. The summed E-state index contributed by atoms with van der Waals surface area (Å²) in [6, 6.07) is 11.2. The van der Waals surface area contributed by atoms with E-state index in [9.17, 15) is 4.79 Å². The van der Waals surface area contributed by atoms with Crippen LogP contribution in [0.1, 0.15) is 24.2 Å². The molecule has 0 aliphatic heterocycles. The molecule has 0 unspecified atom stereocenters. The third-order valence-corrected chi connectivity index (χ3v) is 3.76. The van der Waals surface area contributed by atoms with Crippen molar-refractivity contribution >= 4 is 29.9 Å². The lowest BCUT2D eigenvalue weighted by atomic mass is 10.3. The van der Waals surface area contributed by atoms with E-state index >= 15 is 0 Å². The van der Waals surface area contributed by atoms with Gasteiger partial charge in [0, 0.05) is 38.1 Å². The minimum absolute atomic E-state index is 0. The minimum atomic E-state index is 0. The molecular formula is C18H26IN5O. The zero-order valence-electron chi connectivity index (χ0n) is 14.7. The molecular weight excluding hydrogens is 429 g/mol. The number of nitrogens with one attached hydrogen (secondary N) is 2. The molecule has 0 amide bonds. The molecule has 0 aromatic carbocycles. The first-order valence-corrected chi connectivity index (χ1v) is 8.21. The van der Waals surface area contributed by atoms with Crippen LogP contribution in [0.2, 0.25) is 0 Å². The number of rotatable bonds is 7. The number of unbranched alkanes of at least 4 members (excludes halogenated alkanes) is 1. The first-order chi connectivity index (χ1) is 11.7. The van der Waals surface area contributed by atoms with Crippen molar-refractivity contribution in [3.63, 3.8) is 0 Å². The van der Waals surface area contributed by atoms with Gasteiger partial charge in [0.25, 0.3) is 5.56 Å². The Morgan fingerprint density at radius 1 is 1.16 bits per heavy atom. The van der Waals surface area contributed by atoms with Crippen LogP contribution >= 0.6 is 24.0 Å². The van der Waals surface area contributed by atoms with Gasteiger partial charge >= 0.3 is 0 Å². The van der Waals surface area contributed by atoms with E-state index in [0.29, 0.717) is 6.54 Å². The predicted octanol–water partition coefficient (Wildman–Crippen LogP) is 2.32. The maximum Gasteiger partial charge on any atom is 0.250 e. The molecule has 136 valence electrons. The van der Waals surface area contributed by atoms with Crippen molar-refractivity contribution in [1.29, 1.82) is 0 Å². The fourth-order valence-corrected chi connectivity index (χ4v) is 2.41. The van der Waals surface area contributed by atoms with Crippen LogP contribution in [0.25, 0.3) is 0 Å². The van der Waals surface area contributed by atoms with Crippen molar-refractivity contribution in [2.75, 3.05) is 13.6 Å². The number of guanidine groups is 1. The summed E-state index contributed by atoms with van der Waals surface area (Å²) in [4.78, 5) is 20.3. The fourth-order valence-electron chi connectivity index (χ4n) is 2.41. The number of aliphatic imine (C=N–C) groups is 1. The van der Waals surface area contributed by atoms with Crippen LogP contribution in [-0.2, 0) is 13.1 Å². The van der Waals surface area contributed by atoms with Crippen molar-refractivity contribution in [3.05, 3.63) is 64.3 Å². The van der Waals surface area contributed by atoms with E-state index in [2.05, 4.69) is 20.6 Å². The summed E-state index contributed by atoms with van der Waals surface area (Å²) >= 11 is 0. The zero-order chi connectivity index (χ0) is 17.2. The van der Waals surface area contributed by atoms with Crippen molar-refractivity contribution in [2.24, 2.45) is 4.99 Å². The molecule has 2 rings (SSSR count). The lowest BCUT2D eigenvalue weighted by Gasteiger charge is -2.12. The molecule has 0 saturated heterocycles. The molecule has 0 saturated carbocycles. The lowest BCUT2D eigenvalue weighted by Crippen LogP contribution is -2.37. The van der Waals surface area contributed by atoms with E-state index in [0.717, 1.165) is 43.3 Å². The maximum atomic E-state index is 11.8. The molecule has 2 N–H and O–H groups in total. The van der Waals surface area contributed by atoms with Crippen molar-refractivity contribution in [2.45, 2.75) is 32.9 Å². The number of hydrogen-bond acceptors (Lipinski definition) is 3. The van der Waals surface area contributed by atoms with Gasteiger partial charge in [-0.05, 0) is 38.0 Å². The van der Waals surface area contributed by atoms with Gasteiger partial charge in [-0.1, -0.05) is 12.1 Å². The summed E-state index contributed by atoms with van der Waals surface area (Å²) in [5, 5.41) is 6.51. The summed E-state index contributed by atoms with van der Waals surface area (Å²) in [6.45, 7) is 4.15. The van der Waals surface area contributed by atoms with E-state index in [4.69, 9.17) is 0 Å². The summed E-state index contributed by atoms with van der Waals surface area (Å²) in [6.07, 6.45) is 3.68. The molecule has 2 aromatic rings. The largest absolute Gasteiger partial charge is 0.356 e. The van der Waals surface area contributed by atoms with Gasteiger partial charge < -0.3 is 15.2 Å². The number of aromatic nitrogens is 2. The number of nitrogens with zero attached hydrogens (tertiary/aromatic N) is 3. The zero-order valence-corrected chi connectivity index (χ0v) is 17.1. The Morgan fingerprint density at radius 2 is 2.00 bits per heavy atom. The fraction of sp³-hybridized carbons (Fsp3) is 0.389. The lowest BCUT2D eigenvalue weighted by molar-refractivity contribution is 0.574. The molecule has 6 nitrogen and oxygen atoms in total. The van der Waals surface area contributed by atoms with Gasteiger partial charge in [0.15, 0.2) is 5.96 Å². The van der Waals surface area contributed by atoms with Crippen LogP contribution in [0, 0.1) is 6.92 Å². The van der Waals surface area contributed by atoms with Gasteiger partial charge in [0.1, 0.15) is 0 Å².